The number of carbonyl (C=O) groups excluding carboxylic acids is 2. The third-order valence-electron chi connectivity index (χ3n) is 4.58. The van der Waals surface area contributed by atoms with E-state index >= 15 is 0 Å². The van der Waals surface area contributed by atoms with Crippen molar-refractivity contribution in [2.45, 2.75) is 25.2 Å². The Bertz CT molecular complexity index is 505. The van der Waals surface area contributed by atoms with E-state index in [9.17, 15) is 9.59 Å². The molecule has 1 unspecified atom stereocenters. The van der Waals surface area contributed by atoms with Gasteiger partial charge in [-0.15, -0.1) is 0 Å². The van der Waals surface area contributed by atoms with Gasteiger partial charge in [-0.05, 0) is 24.4 Å². The largest absolute Gasteiger partial charge is 0.341 e. The fraction of sp³-hybridized carbons (Fsp3) is 0.529. The van der Waals surface area contributed by atoms with E-state index in [0.29, 0.717) is 38.4 Å². The maximum Gasteiger partial charge on any atom is 0.236 e. The number of carbonyl (C=O) groups is 2. The van der Waals surface area contributed by atoms with E-state index in [1.54, 1.807) is 0 Å². The second kappa shape index (κ2) is 6.39. The molecule has 2 aliphatic heterocycles. The topological polar surface area (TPSA) is 40.6 Å². The molecule has 0 bridgehead atoms. The average Bonchev–Trinajstić information content (AvgIpc) is 2.97. The molecule has 4 heteroatoms. The van der Waals surface area contributed by atoms with Crippen LogP contribution >= 0.6 is 0 Å². The van der Waals surface area contributed by atoms with Crippen LogP contribution in [0.5, 0.6) is 0 Å². The summed E-state index contributed by atoms with van der Waals surface area (Å²) in [7, 11) is 0. The molecule has 21 heavy (non-hydrogen) atoms. The molecule has 2 aliphatic rings. The Kier molecular flexibility index (Phi) is 4.34. The van der Waals surface area contributed by atoms with Gasteiger partial charge in [-0.2, -0.15) is 0 Å². The van der Waals surface area contributed by atoms with Crippen LogP contribution in [0.1, 0.15) is 30.7 Å². The highest BCUT2D eigenvalue weighted by atomic mass is 16.2. The van der Waals surface area contributed by atoms with Crippen molar-refractivity contribution in [2.75, 3.05) is 32.7 Å². The highest BCUT2D eigenvalue weighted by Gasteiger charge is 2.27. The van der Waals surface area contributed by atoms with Crippen LogP contribution in [0.2, 0.25) is 0 Å². The van der Waals surface area contributed by atoms with Crippen LogP contribution in [0.3, 0.4) is 0 Å². The first-order valence-corrected chi connectivity index (χ1v) is 7.79. The number of hydrogen-bond donors (Lipinski definition) is 0. The zero-order valence-electron chi connectivity index (χ0n) is 12.3. The molecule has 0 saturated carbocycles. The molecule has 0 spiro atoms. The second-order valence-corrected chi connectivity index (χ2v) is 6.05. The molecule has 112 valence electrons. The number of nitrogens with zero attached hydrogens (tertiary/aromatic N) is 2. The molecular formula is C17H22N2O2. The molecule has 4 nitrogen and oxygen atoms in total. The normalized spacial score (nSPS) is 23.5. The lowest BCUT2D eigenvalue weighted by Crippen LogP contribution is -2.43. The third kappa shape index (κ3) is 3.50. The minimum Gasteiger partial charge on any atom is -0.341 e. The molecule has 1 atom stereocenters. The molecule has 2 saturated heterocycles. The zero-order chi connectivity index (χ0) is 14.7. The highest BCUT2D eigenvalue weighted by Crippen LogP contribution is 2.26. The Hall–Kier alpha value is -1.68. The van der Waals surface area contributed by atoms with Crippen LogP contribution in [0, 0.1) is 0 Å². The zero-order valence-corrected chi connectivity index (χ0v) is 12.3. The molecule has 1 aromatic carbocycles. The quantitative estimate of drug-likeness (QED) is 0.848. The van der Waals surface area contributed by atoms with Crippen LogP contribution in [-0.2, 0) is 9.59 Å². The van der Waals surface area contributed by atoms with Gasteiger partial charge in [0.15, 0.2) is 0 Å². The van der Waals surface area contributed by atoms with Crippen LogP contribution in [-0.4, -0.2) is 54.2 Å². The van der Waals surface area contributed by atoms with Gasteiger partial charge in [-0.25, -0.2) is 0 Å². The minimum atomic E-state index is 0.177. The number of likely N-dealkylation sites (tertiary alicyclic amines) is 2. The van der Waals surface area contributed by atoms with Crippen molar-refractivity contribution in [1.29, 1.82) is 0 Å². The van der Waals surface area contributed by atoms with Crippen molar-refractivity contribution in [3.63, 3.8) is 0 Å². The van der Waals surface area contributed by atoms with Crippen LogP contribution in [0.25, 0.3) is 0 Å². The predicted molar refractivity (Wildman–Crippen MR) is 81.1 cm³/mol. The number of ketones is 1. The maximum atomic E-state index is 12.3. The molecule has 1 amide bonds. The molecule has 1 aromatic rings. The van der Waals surface area contributed by atoms with Gasteiger partial charge in [-0.3, -0.25) is 14.5 Å². The molecule has 3 rings (SSSR count). The summed E-state index contributed by atoms with van der Waals surface area (Å²) in [4.78, 5) is 27.6. The summed E-state index contributed by atoms with van der Waals surface area (Å²) in [5.74, 6) is 1.00. The molecule has 0 aliphatic carbocycles. The summed E-state index contributed by atoms with van der Waals surface area (Å²) in [5.41, 5.74) is 1.37. The molecule has 0 radical (unpaired) electrons. The number of Topliss-reactive ketones (excluding diaryl/α,β-unsaturated/α-hetero) is 1. The van der Waals surface area contributed by atoms with Crippen molar-refractivity contribution in [1.82, 2.24) is 9.80 Å². The van der Waals surface area contributed by atoms with Gasteiger partial charge in [0.05, 0.1) is 6.54 Å². The number of rotatable bonds is 3. The van der Waals surface area contributed by atoms with E-state index in [4.69, 9.17) is 0 Å². The van der Waals surface area contributed by atoms with E-state index in [1.165, 1.54) is 5.56 Å². The van der Waals surface area contributed by atoms with Crippen molar-refractivity contribution >= 4 is 11.7 Å². The first-order chi connectivity index (χ1) is 10.2. The average molecular weight is 286 g/mol. The standard InChI is InChI=1S/C17H22N2O2/c20-16-7-10-19(11-8-16)17(21)13-18-9-6-15(12-18)14-4-2-1-3-5-14/h1-5,15H,6-13H2. The van der Waals surface area contributed by atoms with Crippen molar-refractivity contribution in [3.8, 4) is 0 Å². The van der Waals surface area contributed by atoms with Crippen molar-refractivity contribution < 1.29 is 9.59 Å². The van der Waals surface area contributed by atoms with Gasteiger partial charge in [0.2, 0.25) is 5.91 Å². The van der Waals surface area contributed by atoms with Gasteiger partial charge in [0.1, 0.15) is 5.78 Å². The lowest BCUT2D eigenvalue weighted by atomic mass is 9.99. The summed E-state index contributed by atoms with van der Waals surface area (Å²) in [6, 6.07) is 10.5. The van der Waals surface area contributed by atoms with E-state index in [0.717, 1.165) is 19.5 Å². The number of hydrogen-bond acceptors (Lipinski definition) is 3. The van der Waals surface area contributed by atoms with E-state index in [-0.39, 0.29) is 11.7 Å². The Labute approximate surface area is 125 Å². The minimum absolute atomic E-state index is 0.177. The van der Waals surface area contributed by atoms with E-state index < -0.39 is 0 Å². The Balaban J connectivity index is 1.50. The predicted octanol–water partition coefficient (Wildman–Crippen LogP) is 1.67. The molecule has 0 aromatic heterocycles. The Morgan fingerprint density at radius 2 is 1.81 bits per heavy atom. The SMILES string of the molecule is O=C1CCN(C(=O)CN2CCC(c3ccccc3)C2)CC1. The lowest BCUT2D eigenvalue weighted by molar-refractivity contribution is -0.135. The Morgan fingerprint density at radius 3 is 2.52 bits per heavy atom. The van der Waals surface area contributed by atoms with Crippen LogP contribution in [0.4, 0.5) is 0 Å². The maximum absolute atomic E-state index is 12.3. The van der Waals surface area contributed by atoms with Crippen LogP contribution in [0.15, 0.2) is 30.3 Å². The first-order valence-electron chi connectivity index (χ1n) is 7.79. The highest BCUT2D eigenvalue weighted by molar-refractivity contribution is 5.84. The molecule has 0 N–H and O–H groups in total. The third-order valence-corrected chi connectivity index (χ3v) is 4.58. The van der Waals surface area contributed by atoms with E-state index in [1.807, 2.05) is 11.0 Å². The van der Waals surface area contributed by atoms with Crippen molar-refractivity contribution in [2.24, 2.45) is 0 Å². The monoisotopic (exact) mass is 286 g/mol. The van der Waals surface area contributed by atoms with Crippen molar-refractivity contribution in [3.05, 3.63) is 35.9 Å². The summed E-state index contributed by atoms with van der Waals surface area (Å²) in [6.07, 6.45) is 2.17. The molecular weight excluding hydrogens is 264 g/mol. The summed E-state index contributed by atoms with van der Waals surface area (Å²) in [5, 5.41) is 0. The first kappa shape index (κ1) is 14.3. The van der Waals surface area contributed by atoms with Gasteiger partial charge >= 0.3 is 0 Å². The van der Waals surface area contributed by atoms with Gasteiger partial charge in [0, 0.05) is 32.5 Å². The van der Waals surface area contributed by atoms with E-state index in [2.05, 4.69) is 29.2 Å². The number of piperidine rings is 1. The fourth-order valence-electron chi connectivity index (χ4n) is 3.27. The number of amides is 1. The molecule has 2 heterocycles. The van der Waals surface area contributed by atoms with Gasteiger partial charge in [-0.1, -0.05) is 30.3 Å². The molecule has 2 fully saturated rings. The lowest BCUT2D eigenvalue weighted by Gasteiger charge is -2.28. The summed E-state index contributed by atoms with van der Waals surface area (Å²) < 4.78 is 0. The second-order valence-electron chi connectivity index (χ2n) is 6.05. The summed E-state index contributed by atoms with van der Waals surface area (Å²) in [6.45, 7) is 3.65. The van der Waals surface area contributed by atoms with Gasteiger partial charge < -0.3 is 4.90 Å². The smallest absolute Gasteiger partial charge is 0.236 e. The van der Waals surface area contributed by atoms with Crippen LogP contribution < -0.4 is 0 Å². The fourth-order valence-corrected chi connectivity index (χ4v) is 3.27. The van der Waals surface area contributed by atoms with Gasteiger partial charge in [0.25, 0.3) is 0 Å². The Morgan fingerprint density at radius 1 is 1.10 bits per heavy atom. The number of benzene rings is 1. The summed E-state index contributed by atoms with van der Waals surface area (Å²) >= 11 is 0.